The number of anilines is 1. The van der Waals surface area contributed by atoms with Crippen LogP contribution in [0.2, 0.25) is 9.36 Å². The molecule has 106 valence electrons. The summed E-state index contributed by atoms with van der Waals surface area (Å²) in [5.74, 6) is -0.881. The molecule has 0 amide bonds. The van der Waals surface area contributed by atoms with Crippen molar-refractivity contribution in [1.82, 2.24) is 0 Å². The van der Waals surface area contributed by atoms with Gasteiger partial charge in [-0.25, -0.2) is 0 Å². The molecule has 1 N–H and O–H groups in total. The molecule has 1 heterocycles. The third-order valence-electron chi connectivity index (χ3n) is 3.00. The summed E-state index contributed by atoms with van der Waals surface area (Å²) in [5.41, 5.74) is 1.81. The van der Waals surface area contributed by atoms with Crippen molar-refractivity contribution in [3.05, 3.63) is 50.6 Å². The van der Waals surface area contributed by atoms with Crippen LogP contribution in [0.3, 0.4) is 0 Å². The van der Waals surface area contributed by atoms with Crippen molar-refractivity contribution in [1.29, 1.82) is 0 Å². The molecule has 0 aliphatic rings. The number of halogens is 2. The van der Waals surface area contributed by atoms with Gasteiger partial charge in [-0.2, -0.15) is 0 Å². The Hall–Kier alpha value is -1.23. The molecule has 0 spiro atoms. The summed E-state index contributed by atoms with van der Waals surface area (Å²) in [6.07, 6.45) is 0. The molecule has 6 heteroatoms. The zero-order valence-electron chi connectivity index (χ0n) is 10.7. The van der Waals surface area contributed by atoms with Crippen LogP contribution in [0.25, 0.3) is 0 Å². The lowest BCUT2D eigenvalue weighted by Crippen LogP contribution is -2.32. The fourth-order valence-corrected chi connectivity index (χ4v) is 3.06. The number of nitrogens with zero attached hydrogens (tertiary/aromatic N) is 1. The topological polar surface area (TPSA) is 40.5 Å². The Labute approximate surface area is 131 Å². The number of benzene rings is 1. The van der Waals surface area contributed by atoms with E-state index in [1.807, 2.05) is 30.5 Å². The monoisotopic (exact) mass is 329 g/mol. The molecule has 2 aromatic rings. The van der Waals surface area contributed by atoms with Gasteiger partial charge in [0, 0.05) is 10.7 Å². The molecule has 3 nitrogen and oxygen atoms in total. The minimum absolute atomic E-state index is 0.0870. The van der Waals surface area contributed by atoms with Gasteiger partial charge in [0.1, 0.15) is 6.54 Å². The highest BCUT2D eigenvalue weighted by atomic mass is 35.5. The predicted molar refractivity (Wildman–Crippen MR) is 84.2 cm³/mol. The first kappa shape index (κ1) is 15.2. The van der Waals surface area contributed by atoms with E-state index in [1.54, 1.807) is 17.0 Å². The fraction of sp³-hybridized carbons (Fsp3) is 0.214. The van der Waals surface area contributed by atoms with E-state index in [9.17, 15) is 4.79 Å². The third kappa shape index (κ3) is 3.66. The second-order valence-corrected chi connectivity index (χ2v) is 6.34. The first-order chi connectivity index (χ1) is 9.47. The fourth-order valence-electron chi connectivity index (χ4n) is 1.95. The largest absolute Gasteiger partial charge is 0.480 e. The normalized spacial score (nSPS) is 12.2. The highest BCUT2D eigenvalue weighted by Crippen LogP contribution is 2.31. The van der Waals surface area contributed by atoms with Gasteiger partial charge in [0.15, 0.2) is 0 Å². The summed E-state index contributed by atoms with van der Waals surface area (Å²) in [6.45, 7) is 1.87. The minimum Gasteiger partial charge on any atom is -0.480 e. The molecule has 0 bridgehead atoms. The Morgan fingerprint density at radius 3 is 2.50 bits per heavy atom. The maximum atomic E-state index is 11.1. The van der Waals surface area contributed by atoms with Gasteiger partial charge in [0.2, 0.25) is 0 Å². The van der Waals surface area contributed by atoms with Gasteiger partial charge in [-0.3, -0.25) is 4.79 Å². The number of rotatable bonds is 5. The maximum Gasteiger partial charge on any atom is 0.323 e. The molecule has 0 aliphatic heterocycles. The average Bonchev–Trinajstić information content (AvgIpc) is 2.83. The Morgan fingerprint density at radius 2 is 2.00 bits per heavy atom. The maximum absolute atomic E-state index is 11.1. The summed E-state index contributed by atoms with van der Waals surface area (Å²) in [7, 11) is 0. The molecular weight excluding hydrogens is 317 g/mol. The lowest BCUT2D eigenvalue weighted by atomic mass is 10.1. The summed E-state index contributed by atoms with van der Waals surface area (Å²) in [4.78, 5) is 12.9. The van der Waals surface area contributed by atoms with Crippen molar-refractivity contribution in [3.63, 3.8) is 0 Å². The number of carboxylic acid groups (broad SMARTS) is 1. The van der Waals surface area contributed by atoms with E-state index in [2.05, 4.69) is 0 Å². The van der Waals surface area contributed by atoms with E-state index < -0.39 is 5.97 Å². The molecule has 0 fully saturated rings. The molecule has 1 aromatic heterocycles. The van der Waals surface area contributed by atoms with Crippen molar-refractivity contribution < 1.29 is 9.90 Å². The van der Waals surface area contributed by atoms with Crippen LogP contribution in [0, 0.1) is 0 Å². The van der Waals surface area contributed by atoms with E-state index in [4.69, 9.17) is 28.3 Å². The number of hydrogen-bond acceptors (Lipinski definition) is 3. The Bertz CT molecular complexity index is 597. The SMILES string of the molecule is CC(c1csc(Cl)c1)N(CC(=O)O)c1ccc(Cl)cc1. The van der Waals surface area contributed by atoms with Crippen LogP contribution in [0.15, 0.2) is 35.7 Å². The van der Waals surface area contributed by atoms with Gasteiger partial charge >= 0.3 is 5.97 Å². The number of carbonyl (C=O) groups is 1. The van der Waals surface area contributed by atoms with E-state index in [0.717, 1.165) is 11.3 Å². The third-order valence-corrected chi connectivity index (χ3v) is 4.36. The number of thiophene rings is 1. The van der Waals surface area contributed by atoms with Crippen molar-refractivity contribution in [2.75, 3.05) is 11.4 Å². The first-order valence-corrected chi connectivity index (χ1v) is 7.59. The highest BCUT2D eigenvalue weighted by molar-refractivity contribution is 7.14. The van der Waals surface area contributed by atoms with Gasteiger partial charge in [0.05, 0.1) is 10.4 Å². The van der Waals surface area contributed by atoms with E-state index in [-0.39, 0.29) is 12.6 Å². The van der Waals surface area contributed by atoms with Crippen LogP contribution in [-0.2, 0) is 4.79 Å². The summed E-state index contributed by atoms with van der Waals surface area (Å²) in [6, 6.07) is 8.90. The van der Waals surface area contributed by atoms with Gasteiger partial charge in [-0.15, -0.1) is 11.3 Å². The summed E-state index contributed by atoms with van der Waals surface area (Å²) >= 11 is 13.3. The highest BCUT2D eigenvalue weighted by Gasteiger charge is 2.20. The second-order valence-electron chi connectivity index (χ2n) is 4.36. The second kappa shape index (κ2) is 6.48. The Morgan fingerprint density at radius 1 is 1.35 bits per heavy atom. The van der Waals surface area contributed by atoms with Gasteiger partial charge < -0.3 is 10.0 Å². The molecule has 0 radical (unpaired) electrons. The molecule has 0 aliphatic carbocycles. The molecule has 1 unspecified atom stereocenters. The zero-order valence-corrected chi connectivity index (χ0v) is 13.0. The lowest BCUT2D eigenvalue weighted by molar-refractivity contribution is -0.135. The average molecular weight is 330 g/mol. The van der Waals surface area contributed by atoms with E-state index in [0.29, 0.717) is 9.36 Å². The van der Waals surface area contributed by atoms with Gasteiger partial charge in [0.25, 0.3) is 0 Å². The van der Waals surface area contributed by atoms with Crippen molar-refractivity contribution in [3.8, 4) is 0 Å². The predicted octanol–water partition coefficient (Wildman–Crippen LogP) is 4.71. The first-order valence-electron chi connectivity index (χ1n) is 5.95. The van der Waals surface area contributed by atoms with Crippen LogP contribution in [0.5, 0.6) is 0 Å². The lowest BCUT2D eigenvalue weighted by Gasteiger charge is -2.29. The van der Waals surface area contributed by atoms with Crippen molar-refractivity contribution >= 4 is 46.2 Å². The quantitative estimate of drug-likeness (QED) is 0.863. The van der Waals surface area contributed by atoms with Crippen molar-refractivity contribution in [2.45, 2.75) is 13.0 Å². The zero-order chi connectivity index (χ0) is 14.7. The Balaban J connectivity index is 2.31. The molecule has 0 saturated carbocycles. The van der Waals surface area contributed by atoms with Crippen molar-refractivity contribution in [2.24, 2.45) is 0 Å². The summed E-state index contributed by atoms with van der Waals surface area (Å²) in [5, 5.41) is 11.7. The van der Waals surface area contributed by atoms with Crippen LogP contribution in [-0.4, -0.2) is 17.6 Å². The summed E-state index contributed by atoms with van der Waals surface area (Å²) < 4.78 is 0.693. The molecule has 2 rings (SSSR count). The van der Waals surface area contributed by atoms with Gasteiger partial charge in [-0.1, -0.05) is 23.2 Å². The molecular formula is C14H13Cl2NO2S. The van der Waals surface area contributed by atoms with Crippen LogP contribution >= 0.6 is 34.5 Å². The van der Waals surface area contributed by atoms with E-state index >= 15 is 0 Å². The smallest absolute Gasteiger partial charge is 0.323 e. The number of hydrogen-bond donors (Lipinski definition) is 1. The molecule has 1 atom stereocenters. The number of carboxylic acids is 1. The minimum atomic E-state index is -0.881. The molecule has 20 heavy (non-hydrogen) atoms. The van der Waals surface area contributed by atoms with Crippen LogP contribution in [0.1, 0.15) is 18.5 Å². The van der Waals surface area contributed by atoms with Crippen LogP contribution < -0.4 is 4.90 Å². The standard InChI is InChI=1S/C14H13Cl2NO2S/c1-9(10-6-13(16)20-8-10)17(7-14(18)19)12-4-2-11(15)3-5-12/h2-6,8-9H,7H2,1H3,(H,18,19). The molecule has 0 saturated heterocycles. The molecule has 1 aromatic carbocycles. The number of aliphatic carboxylic acids is 1. The van der Waals surface area contributed by atoms with E-state index in [1.165, 1.54) is 11.3 Å². The Kier molecular flexibility index (Phi) is 4.91. The van der Waals surface area contributed by atoms with Gasteiger partial charge in [-0.05, 0) is 48.2 Å². The van der Waals surface area contributed by atoms with Crippen LogP contribution in [0.4, 0.5) is 5.69 Å².